The molecule has 29 heavy (non-hydrogen) atoms. The van der Waals surface area contributed by atoms with Gasteiger partial charge in [0.2, 0.25) is 0 Å². The van der Waals surface area contributed by atoms with Crippen LogP contribution in [0.4, 0.5) is 4.79 Å². The Morgan fingerprint density at radius 3 is 2.38 bits per heavy atom. The molecule has 0 aromatic carbocycles. The van der Waals surface area contributed by atoms with Crippen molar-refractivity contribution >= 4 is 17.9 Å². The minimum absolute atomic E-state index is 0.207. The third-order valence-corrected chi connectivity index (χ3v) is 5.96. The van der Waals surface area contributed by atoms with Gasteiger partial charge in [-0.15, -0.1) is 0 Å². The summed E-state index contributed by atoms with van der Waals surface area (Å²) in [6.45, 7) is 15.5. The molecule has 1 aromatic rings. The van der Waals surface area contributed by atoms with E-state index in [4.69, 9.17) is 4.74 Å². The van der Waals surface area contributed by atoms with Crippen LogP contribution in [-0.4, -0.2) is 52.7 Å². The Bertz CT molecular complexity index is 876. The van der Waals surface area contributed by atoms with Crippen molar-refractivity contribution in [2.75, 3.05) is 26.2 Å². The van der Waals surface area contributed by atoms with E-state index < -0.39 is 5.60 Å². The molecule has 1 saturated heterocycles. The number of amides is 1. The van der Waals surface area contributed by atoms with Crippen molar-refractivity contribution in [1.82, 2.24) is 14.8 Å². The van der Waals surface area contributed by atoms with Gasteiger partial charge < -0.3 is 19.5 Å². The lowest BCUT2D eigenvalue weighted by Gasteiger charge is -2.37. The quantitative estimate of drug-likeness (QED) is 0.843. The number of hydrogen-bond donors (Lipinski definition) is 1. The second kappa shape index (κ2) is 8.29. The molecule has 1 aliphatic carbocycles. The highest BCUT2D eigenvalue weighted by atomic mass is 16.6. The molecular formula is C24H37N3O2. The number of nitrogens with one attached hydrogen (secondary N) is 1. The van der Waals surface area contributed by atoms with Gasteiger partial charge in [-0.1, -0.05) is 26.0 Å². The SMILES string of the molecule is CC/C=C/C=c1/[nH]cc(C2(C)CC2)/c1=C(/C)N1CCN(C(=O)OC(C)(C)C)CC1. The molecule has 5 nitrogen and oxygen atoms in total. The predicted molar refractivity (Wildman–Crippen MR) is 119 cm³/mol. The summed E-state index contributed by atoms with van der Waals surface area (Å²) >= 11 is 0. The number of carbonyl (C=O) groups is 1. The molecule has 1 amide bonds. The van der Waals surface area contributed by atoms with Crippen LogP contribution in [0.2, 0.25) is 0 Å². The number of piperazine rings is 1. The van der Waals surface area contributed by atoms with Gasteiger partial charge in [0, 0.05) is 48.6 Å². The zero-order valence-corrected chi connectivity index (χ0v) is 19.0. The number of allylic oxidation sites excluding steroid dienone is 2. The maximum Gasteiger partial charge on any atom is 0.410 e. The molecule has 1 N–H and O–H groups in total. The molecular weight excluding hydrogens is 362 g/mol. The van der Waals surface area contributed by atoms with Crippen molar-refractivity contribution in [2.24, 2.45) is 0 Å². The molecule has 1 aliphatic heterocycles. The third kappa shape index (κ3) is 5.06. The smallest absolute Gasteiger partial charge is 0.410 e. The van der Waals surface area contributed by atoms with Crippen LogP contribution in [-0.2, 0) is 10.2 Å². The average molecular weight is 400 g/mol. The van der Waals surface area contributed by atoms with Crippen molar-refractivity contribution < 1.29 is 9.53 Å². The first-order valence-electron chi connectivity index (χ1n) is 10.9. The van der Waals surface area contributed by atoms with Crippen LogP contribution < -0.4 is 10.6 Å². The maximum absolute atomic E-state index is 12.4. The van der Waals surface area contributed by atoms with Gasteiger partial charge >= 0.3 is 6.09 Å². The fourth-order valence-electron chi connectivity index (χ4n) is 3.90. The molecule has 1 saturated carbocycles. The van der Waals surface area contributed by atoms with Crippen LogP contribution in [0.5, 0.6) is 0 Å². The summed E-state index contributed by atoms with van der Waals surface area (Å²) in [5, 5.41) is 2.53. The number of rotatable bonds is 4. The van der Waals surface area contributed by atoms with E-state index in [9.17, 15) is 4.79 Å². The Labute approximate surface area is 175 Å². The first kappa shape index (κ1) is 21.5. The van der Waals surface area contributed by atoms with Gasteiger partial charge in [-0.25, -0.2) is 4.79 Å². The Balaban J connectivity index is 1.85. The molecule has 0 radical (unpaired) electrons. The van der Waals surface area contributed by atoms with E-state index >= 15 is 0 Å². The molecule has 3 rings (SSSR count). The largest absolute Gasteiger partial charge is 0.444 e. The summed E-state index contributed by atoms with van der Waals surface area (Å²) in [5.74, 6) is 0. The van der Waals surface area contributed by atoms with Crippen molar-refractivity contribution in [3.63, 3.8) is 0 Å². The monoisotopic (exact) mass is 399 g/mol. The minimum Gasteiger partial charge on any atom is -0.444 e. The first-order chi connectivity index (χ1) is 13.6. The van der Waals surface area contributed by atoms with Crippen molar-refractivity contribution in [3.8, 4) is 0 Å². The van der Waals surface area contributed by atoms with Gasteiger partial charge in [0.25, 0.3) is 0 Å². The summed E-state index contributed by atoms with van der Waals surface area (Å²) in [4.78, 5) is 20.1. The van der Waals surface area contributed by atoms with E-state index in [1.807, 2.05) is 25.7 Å². The van der Waals surface area contributed by atoms with Gasteiger partial charge in [0.15, 0.2) is 0 Å². The second-order valence-electron chi connectivity index (χ2n) is 9.59. The first-order valence-corrected chi connectivity index (χ1v) is 10.9. The number of hydrogen-bond acceptors (Lipinski definition) is 3. The minimum atomic E-state index is -0.452. The number of aromatic nitrogens is 1. The van der Waals surface area contributed by atoms with Crippen LogP contribution in [0.3, 0.4) is 0 Å². The second-order valence-corrected chi connectivity index (χ2v) is 9.59. The van der Waals surface area contributed by atoms with Crippen LogP contribution in [0.25, 0.3) is 11.8 Å². The normalized spacial score (nSPS) is 21.0. The van der Waals surface area contributed by atoms with E-state index in [0.29, 0.717) is 18.5 Å². The fourth-order valence-corrected chi connectivity index (χ4v) is 3.90. The molecule has 0 atom stereocenters. The zero-order valence-electron chi connectivity index (χ0n) is 19.0. The highest BCUT2D eigenvalue weighted by molar-refractivity contribution is 5.68. The summed E-state index contributed by atoms with van der Waals surface area (Å²) in [6.07, 6.45) is 12.0. The molecule has 2 aliphatic rings. The molecule has 5 heteroatoms. The molecule has 1 aromatic heterocycles. The number of H-pyrrole nitrogens is 1. The maximum atomic E-state index is 12.4. The Morgan fingerprint density at radius 1 is 1.21 bits per heavy atom. The summed E-state index contributed by atoms with van der Waals surface area (Å²) in [6, 6.07) is 0. The standard InChI is InChI=1S/C24H37N3O2/c1-7-8-9-10-20-21(19(17-25-20)24(6)11-12-24)18(2)26-13-15-27(16-14-26)22(28)29-23(3,4)5/h8-10,17,25H,7,11-16H2,1-6H3/b9-8+,20-10+,21-18+. The lowest BCUT2D eigenvalue weighted by atomic mass is 9.98. The van der Waals surface area contributed by atoms with Crippen LogP contribution in [0, 0.1) is 0 Å². The van der Waals surface area contributed by atoms with Crippen molar-refractivity contribution in [3.05, 3.63) is 34.5 Å². The van der Waals surface area contributed by atoms with Crippen LogP contribution >= 0.6 is 0 Å². The molecule has 0 unspecified atom stereocenters. The summed E-state index contributed by atoms with van der Waals surface area (Å²) < 4.78 is 5.54. The Hall–Kier alpha value is -2.17. The van der Waals surface area contributed by atoms with E-state index in [1.165, 1.54) is 34.7 Å². The van der Waals surface area contributed by atoms with Crippen LogP contribution in [0.1, 0.15) is 66.4 Å². The third-order valence-electron chi connectivity index (χ3n) is 5.96. The van der Waals surface area contributed by atoms with E-state index in [2.05, 4.69) is 55.1 Å². The Morgan fingerprint density at radius 2 is 1.83 bits per heavy atom. The van der Waals surface area contributed by atoms with Crippen molar-refractivity contribution in [1.29, 1.82) is 0 Å². The average Bonchev–Trinajstić information content (AvgIpc) is 3.25. The van der Waals surface area contributed by atoms with Gasteiger partial charge in [0.1, 0.15) is 5.60 Å². The number of ether oxygens (including phenoxy) is 1. The molecule has 0 spiro atoms. The van der Waals surface area contributed by atoms with E-state index in [1.54, 1.807) is 0 Å². The highest BCUT2D eigenvalue weighted by Gasteiger charge is 2.40. The van der Waals surface area contributed by atoms with Crippen LogP contribution in [0.15, 0.2) is 18.3 Å². The molecule has 2 heterocycles. The van der Waals surface area contributed by atoms with Gasteiger partial charge in [-0.3, -0.25) is 0 Å². The van der Waals surface area contributed by atoms with Gasteiger partial charge in [-0.05, 0) is 64.0 Å². The molecule has 0 bridgehead atoms. The number of carbonyl (C=O) groups excluding carboxylic acids is 1. The summed E-state index contributed by atoms with van der Waals surface area (Å²) in [7, 11) is 0. The lowest BCUT2D eigenvalue weighted by Crippen LogP contribution is -2.50. The molecule has 160 valence electrons. The summed E-state index contributed by atoms with van der Waals surface area (Å²) in [5.41, 5.74) is 2.58. The lowest BCUT2D eigenvalue weighted by molar-refractivity contribution is 0.0181. The van der Waals surface area contributed by atoms with Gasteiger partial charge in [0.05, 0.1) is 0 Å². The molecule has 2 fully saturated rings. The number of aromatic amines is 1. The Kier molecular flexibility index (Phi) is 6.16. The zero-order chi connectivity index (χ0) is 21.2. The van der Waals surface area contributed by atoms with E-state index in [0.717, 1.165) is 19.5 Å². The predicted octanol–water partition coefficient (Wildman–Crippen LogP) is 3.49. The highest BCUT2D eigenvalue weighted by Crippen LogP contribution is 2.46. The van der Waals surface area contributed by atoms with Gasteiger partial charge in [-0.2, -0.15) is 0 Å². The van der Waals surface area contributed by atoms with Crippen molar-refractivity contribution in [2.45, 2.75) is 71.8 Å². The number of nitrogens with zero attached hydrogens (tertiary/aromatic N) is 2. The van der Waals surface area contributed by atoms with E-state index in [-0.39, 0.29) is 6.09 Å². The fraction of sp³-hybridized carbons (Fsp3) is 0.625. The topological polar surface area (TPSA) is 48.6 Å².